The fourth-order valence-corrected chi connectivity index (χ4v) is 4.29. The number of aliphatic hydroxyl groups is 1. The summed E-state index contributed by atoms with van der Waals surface area (Å²) in [6.45, 7) is 5.95. The van der Waals surface area contributed by atoms with Crippen molar-refractivity contribution < 1.29 is 28.9 Å². The molecule has 2 heterocycles. The molecule has 0 aromatic heterocycles. The Morgan fingerprint density at radius 2 is 1.94 bits per heavy atom. The van der Waals surface area contributed by atoms with Gasteiger partial charge in [0.1, 0.15) is 31.3 Å². The molecule has 2 aromatic rings. The Morgan fingerprint density at radius 1 is 1.17 bits per heavy atom. The minimum absolute atomic E-state index is 0.0393. The Balaban J connectivity index is 1.78. The molecule has 1 N–H and O–H groups in total. The fourth-order valence-electron chi connectivity index (χ4n) is 4.29. The minimum atomic E-state index is -0.752. The molecule has 184 valence electrons. The molecule has 0 aliphatic carbocycles. The Kier molecular flexibility index (Phi) is 7.41. The number of benzene rings is 2. The number of likely N-dealkylation sites (tertiary alicyclic amines) is 1. The van der Waals surface area contributed by atoms with Gasteiger partial charge in [0.15, 0.2) is 11.5 Å². The highest BCUT2D eigenvalue weighted by Crippen LogP contribution is 2.41. The van der Waals surface area contributed by atoms with Gasteiger partial charge in [-0.3, -0.25) is 9.59 Å². The van der Waals surface area contributed by atoms with Crippen molar-refractivity contribution in [2.45, 2.75) is 12.5 Å². The second-order valence-corrected chi connectivity index (χ2v) is 8.68. The average Bonchev–Trinajstić information content (AvgIpc) is 3.11. The number of rotatable bonds is 9. The lowest BCUT2D eigenvalue weighted by Gasteiger charge is -2.26. The summed E-state index contributed by atoms with van der Waals surface area (Å²) in [4.78, 5) is 29.9. The Hall–Kier alpha value is -3.78. The van der Waals surface area contributed by atoms with Crippen LogP contribution in [0.25, 0.3) is 5.76 Å². The van der Waals surface area contributed by atoms with E-state index in [0.29, 0.717) is 61.2 Å². The van der Waals surface area contributed by atoms with Crippen molar-refractivity contribution in [2.75, 3.05) is 47.0 Å². The first kappa shape index (κ1) is 24.3. The van der Waals surface area contributed by atoms with E-state index in [2.05, 4.69) is 6.58 Å². The van der Waals surface area contributed by atoms with Crippen LogP contribution >= 0.6 is 0 Å². The molecular formula is C27H30N2O6. The lowest BCUT2D eigenvalue weighted by Crippen LogP contribution is -2.32. The van der Waals surface area contributed by atoms with Crippen LogP contribution in [0.15, 0.2) is 60.7 Å². The molecule has 1 atom stereocenters. The van der Waals surface area contributed by atoms with Crippen molar-refractivity contribution in [1.29, 1.82) is 0 Å². The van der Waals surface area contributed by atoms with E-state index in [1.54, 1.807) is 42.5 Å². The summed E-state index contributed by atoms with van der Waals surface area (Å²) in [5.41, 5.74) is 1.09. The highest BCUT2D eigenvalue weighted by atomic mass is 16.6. The van der Waals surface area contributed by atoms with Gasteiger partial charge in [0.05, 0.1) is 11.6 Å². The minimum Gasteiger partial charge on any atom is -0.507 e. The molecule has 0 saturated carbocycles. The van der Waals surface area contributed by atoms with E-state index in [0.717, 1.165) is 6.54 Å². The van der Waals surface area contributed by atoms with E-state index in [1.807, 2.05) is 25.1 Å². The molecule has 1 saturated heterocycles. The van der Waals surface area contributed by atoms with E-state index in [1.165, 1.54) is 4.90 Å². The van der Waals surface area contributed by atoms with Crippen molar-refractivity contribution in [3.8, 4) is 17.2 Å². The van der Waals surface area contributed by atoms with Gasteiger partial charge in [-0.15, -0.1) is 0 Å². The lowest BCUT2D eigenvalue weighted by molar-refractivity contribution is -0.139. The van der Waals surface area contributed by atoms with Crippen LogP contribution in [-0.2, 0) is 9.59 Å². The standard InChI is InChI=1S/C27H30N2O6/c1-4-13-33-20-8-5-7-18(16-20)24-23(26(31)27(32)29(24)12-6-11-28(2)3)25(30)19-9-10-21-22(17-19)35-15-14-34-21/h4-5,7-10,16-17,24,30H,1,6,11-15H2,2-3H3/t24-/m0/s1. The molecule has 2 aliphatic heterocycles. The molecule has 0 spiro atoms. The average molecular weight is 479 g/mol. The number of fused-ring (bicyclic) bond motifs is 1. The molecule has 2 aliphatic rings. The van der Waals surface area contributed by atoms with Crippen molar-refractivity contribution >= 4 is 17.4 Å². The van der Waals surface area contributed by atoms with Crippen molar-refractivity contribution in [3.05, 3.63) is 71.8 Å². The maximum Gasteiger partial charge on any atom is 0.295 e. The predicted octanol–water partition coefficient (Wildman–Crippen LogP) is 3.40. The smallest absolute Gasteiger partial charge is 0.295 e. The highest BCUT2D eigenvalue weighted by Gasteiger charge is 2.46. The third-order valence-corrected chi connectivity index (χ3v) is 5.90. The van der Waals surface area contributed by atoms with E-state index in [9.17, 15) is 14.7 Å². The maximum atomic E-state index is 13.2. The van der Waals surface area contributed by atoms with Gasteiger partial charge >= 0.3 is 0 Å². The molecule has 2 aromatic carbocycles. The number of nitrogens with zero attached hydrogens (tertiary/aromatic N) is 2. The summed E-state index contributed by atoms with van der Waals surface area (Å²) in [6.07, 6.45) is 2.31. The third kappa shape index (κ3) is 5.17. The molecule has 0 radical (unpaired) electrons. The molecule has 0 bridgehead atoms. The fraction of sp³-hybridized carbons (Fsp3) is 0.333. The largest absolute Gasteiger partial charge is 0.507 e. The van der Waals surface area contributed by atoms with Gasteiger partial charge in [0, 0.05) is 12.1 Å². The second-order valence-electron chi connectivity index (χ2n) is 8.68. The predicted molar refractivity (Wildman–Crippen MR) is 132 cm³/mol. The van der Waals surface area contributed by atoms with Crippen molar-refractivity contribution in [1.82, 2.24) is 9.80 Å². The van der Waals surface area contributed by atoms with Crippen LogP contribution in [0.1, 0.15) is 23.6 Å². The van der Waals surface area contributed by atoms with Gasteiger partial charge in [-0.25, -0.2) is 0 Å². The quantitative estimate of drug-likeness (QED) is 0.256. The zero-order chi connectivity index (χ0) is 24.9. The Bertz CT molecular complexity index is 1160. The van der Waals surface area contributed by atoms with Crippen LogP contribution in [0.2, 0.25) is 0 Å². The molecule has 8 heteroatoms. The normalized spacial score (nSPS) is 18.7. The summed E-state index contributed by atoms with van der Waals surface area (Å²) in [6, 6.07) is 11.4. The first-order valence-electron chi connectivity index (χ1n) is 11.6. The number of hydrogen-bond acceptors (Lipinski definition) is 7. The molecule has 4 rings (SSSR count). The number of carbonyl (C=O) groups excluding carboxylic acids is 2. The molecule has 8 nitrogen and oxygen atoms in total. The second kappa shape index (κ2) is 10.7. The monoisotopic (exact) mass is 478 g/mol. The summed E-state index contributed by atoms with van der Waals surface area (Å²) in [5.74, 6) is 0.0332. The number of aliphatic hydroxyl groups excluding tert-OH is 1. The molecule has 1 amide bonds. The van der Waals surface area contributed by atoms with E-state index >= 15 is 0 Å². The van der Waals surface area contributed by atoms with Crippen LogP contribution in [0.4, 0.5) is 0 Å². The summed E-state index contributed by atoms with van der Waals surface area (Å²) in [7, 11) is 3.90. The molecular weight excluding hydrogens is 448 g/mol. The zero-order valence-corrected chi connectivity index (χ0v) is 20.0. The van der Waals surface area contributed by atoms with Gasteiger partial charge in [-0.05, 0) is 63.0 Å². The lowest BCUT2D eigenvalue weighted by atomic mass is 9.95. The molecule has 1 fully saturated rings. The topological polar surface area (TPSA) is 88.5 Å². The van der Waals surface area contributed by atoms with Crippen LogP contribution in [-0.4, -0.2) is 73.6 Å². The number of hydrogen-bond donors (Lipinski definition) is 1. The maximum absolute atomic E-state index is 13.2. The number of amides is 1. The van der Waals surface area contributed by atoms with Gasteiger partial charge in [-0.1, -0.05) is 24.8 Å². The van der Waals surface area contributed by atoms with Crippen LogP contribution in [0.5, 0.6) is 17.2 Å². The highest BCUT2D eigenvalue weighted by molar-refractivity contribution is 6.46. The number of ketones is 1. The van der Waals surface area contributed by atoms with E-state index in [4.69, 9.17) is 14.2 Å². The summed E-state index contributed by atoms with van der Waals surface area (Å²) >= 11 is 0. The van der Waals surface area contributed by atoms with E-state index in [-0.39, 0.29) is 11.3 Å². The van der Waals surface area contributed by atoms with Crippen LogP contribution < -0.4 is 14.2 Å². The SMILES string of the molecule is C=CCOc1cccc([C@H]2C(=C(O)c3ccc4c(c3)OCCO4)C(=O)C(=O)N2CCCN(C)C)c1. The number of Topliss-reactive ketones (excluding diaryl/α,β-unsaturated/α-hetero) is 1. The van der Waals surface area contributed by atoms with Gasteiger partial charge in [-0.2, -0.15) is 0 Å². The van der Waals surface area contributed by atoms with Gasteiger partial charge < -0.3 is 29.1 Å². The van der Waals surface area contributed by atoms with Gasteiger partial charge in [0.2, 0.25) is 0 Å². The number of carbonyl (C=O) groups is 2. The molecule has 0 unspecified atom stereocenters. The van der Waals surface area contributed by atoms with Gasteiger partial charge in [0.25, 0.3) is 11.7 Å². The van der Waals surface area contributed by atoms with E-state index < -0.39 is 17.7 Å². The third-order valence-electron chi connectivity index (χ3n) is 5.90. The van der Waals surface area contributed by atoms with Crippen LogP contribution in [0, 0.1) is 0 Å². The first-order chi connectivity index (χ1) is 16.9. The van der Waals surface area contributed by atoms with Crippen molar-refractivity contribution in [2.24, 2.45) is 0 Å². The van der Waals surface area contributed by atoms with Crippen LogP contribution in [0.3, 0.4) is 0 Å². The number of ether oxygens (including phenoxy) is 3. The van der Waals surface area contributed by atoms with Crippen molar-refractivity contribution in [3.63, 3.8) is 0 Å². The summed E-state index contributed by atoms with van der Waals surface area (Å²) < 4.78 is 16.9. The Labute approximate surface area is 205 Å². The first-order valence-corrected chi connectivity index (χ1v) is 11.6. The molecule has 35 heavy (non-hydrogen) atoms. The zero-order valence-electron chi connectivity index (χ0n) is 20.0. The summed E-state index contributed by atoms with van der Waals surface area (Å²) in [5, 5.41) is 11.3. The Morgan fingerprint density at radius 3 is 2.69 bits per heavy atom.